The molecule has 17 heavy (non-hydrogen) atoms. The smallest absolute Gasteiger partial charge is 0.311 e. The number of carbonyl (C=O) groups excluding carboxylic acids is 2. The highest BCUT2D eigenvalue weighted by molar-refractivity contribution is 6.35. The van der Waals surface area contributed by atoms with Crippen molar-refractivity contribution in [2.75, 3.05) is 32.7 Å². The predicted molar refractivity (Wildman–Crippen MR) is 61.9 cm³/mol. The van der Waals surface area contributed by atoms with Crippen LogP contribution >= 0.6 is 0 Å². The second kappa shape index (κ2) is 6.21. The fraction of sp³-hybridized carbons (Fsp3) is 0.727. The molecule has 0 aromatic heterocycles. The summed E-state index contributed by atoms with van der Waals surface area (Å²) in [7, 11) is 0. The highest BCUT2D eigenvalue weighted by Crippen LogP contribution is 2.05. The van der Waals surface area contributed by atoms with Crippen LogP contribution in [0.25, 0.3) is 0 Å². The summed E-state index contributed by atoms with van der Waals surface area (Å²) in [5.74, 6) is -1.23. The second-order valence-corrected chi connectivity index (χ2v) is 4.26. The van der Waals surface area contributed by atoms with E-state index in [9.17, 15) is 9.59 Å². The van der Waals surface area contributed by atoms with Gasteiger partial charge in [-0.15, -0.1) is 0 Å². The van der Waals surface area contributed by atoms with E-state index in [4.69, 9.17) is 5.26 Å². The monoisotopic (exact) mass is 238 g/mol. The van der Waals surface area contributed by atoms with Gasteiger partial charge in [-0.05, 0) is 13.8 Å². The first-order chi connectivity index (χ1) is 8.06. The van der Waals surface area contributed by atoms with Crippen LogP contribution in [0.5, 0.6) is 0 Å². The van der Waals surface area contributed by atoms with Crippen molar-refractivity contribution in [1.29, 1.82) is 5.26 Å². The predicted octanol–water partition coefficient (Wildman–Crippen LogP) is -0.821. The Morgan fingerprint density at radius 2 is 1.88 bits per heavy atom. The Balaban J connectivity index is 2.41. The molecule has 0 spiro atoms. The van der Waals surface area contributed by atoms with Crippen LogP contribution in [-0.4, -0.2) is 60.4 Å². The van der Waals surface area contributed by atoms with E-state index in [1.165, 1.54) is 4.90 Å². The summed E-state index contributed by atoms with van der Waals surface area (Å²) >= 11 is 0. The number of carbonyl (C=O) groups is 2. The number of piperazine rings is 1. The second-order valence-electron chi connectivity index (χ2n) is 4.26. The summed E-state index contributed by atoms with van der Waals surface area (Å²) in [5.41, 5.74) is 0. The number of amides is 2. The van der Waals surface area contributed by atoms with Crippen LogP contribution in [0.15, 0.2) is 0 Å². The summed E-state index contributed by atoms with van der Waals surface area (Å²) in [5, 5.41) is 10.6. The summed E-state index contributed by atoms with van der Waals surface area (Å²) in [6.45, 7) is 6.79. The molecule has 0 unspecified atom stereocenters. The molecule has 0 bridgehead atoms. The number of nitrogens with zero attached hydrogens (tertiary/aromatic N) is 3. The van der Waals surface area contributed by atoms with E-state index in [2.05, 4.69) is 24.1 Å². The van der Waals surface area contributed by atoms with Crippen molar-refractivity contribution in [3.8, 4) is 6.07 Å². The van der Waals surface area contributed by atoms with Crippen molar-refractivity contribution < 1.29 is 9.59 Å². The minimum Gasteiger partial charge on any atom is -0.335 e. The van der Waals surface area contributed by atoms with Gasteiger partial charge in [-0.25, -0.2) is 0 Å². The highest BCUT2D eigenvalue weighted by Gasteiger charge is 2.26. The number of hydrogen-bond donors (Lipinski definition) is 1. The third kappa shape index (κ3) is 3.71. The van der Waals surface area contributed by atoms with Gasteiger partial charge in [0.25, 0.3) is 0 Å². The van der Waals surface area contributed by atoms with E-state index in [1.54, 1.807) is 6.07 Å². The van der Waals surface area contributed by atoms with Crippen molar-refractivity contribution in [2.45, 2.75) is 19.9 Å². The van der Waals surface area contributed by atoms with E-state index < -0.39 is 11.8 Å². The SMILES string of the molecule is CC(C)N1CCN(C(=O)C(=O)NCC#N)CC1. The molecule has 0 saturated carbocycles. The van der Waals surface area contributed by atoms with E-state index >= 15 is 0 Å². The number of hydrogen-bond acceptors (Lipinski definition) is 4. The number of rotatable bonds is 2. The third-order valence-electron chi connectivity index (χ3n) is 2.85. The molecule has 1 aliphatic rings. The maximum Gasteiger partial charge on any atom is 0.311 e. The Bertz CT molecular complexity index is 327. The quantitative estimate of drug-likeness (QED) is 0.503. The largest absolute Gasteiger partial charge is 0.335 e. The van der Waals surface area contributed by atoms with Gasteiger partial charge in [0.1, 0.15) is 6.54 Å². The minimum atomic E-state index is -0.690. The molecule has 1 N–H and O–H groups in total. The molecule has 1 fully saturated rings. The van der Waals surface area contributed by atoms with Gasteiger partial charge in [0.15, 0.2) is 0 Å². The third-order valence-corrected chi connectivity index (χ3v) is 2.85. The fourth-order valence-corrected chi connectivity index (χ4v) is 1.78. The van der Waals surface area contributed by atoms with Gasteiger partial charge in [0, 0.05) is 32.2 Å². The molecule has 2 amide bonds. The van der Waals surface area contributed by atoms with Gasteiger partial charge in [-0.2, -0.15) is 5.26 Å². The Morgan fingerprint density at radius 3 is 2.35 bits per heavy atom. The molecule has 0 aromatic carbocycles. The highest BCUT2D eigenvalue weighted by atomic mass is 16.2. The summed E-state index contributed by atoms with van der Waals surface area (Å²) in [4.78, 5) is 26.8. The molecule has 0 radical (unpaired) electrons. The molecule has 0 aliphatic carbocycles. The molecule has 0 atom stereocenters. The van der Waals surface area contributed by atoms with Crippen LogP contribution < -0.4 is 5.32 Å². The Morgan fingerprint density at radius 1 is 1.29 bits per heavy atom. The van der Waals surface area contributed by atoms with Crippen LogP contribution in [0.4, 0.5) is 0 Å². The summed E-state index contributed by atoms with van der Waals surface area (Å²) < 4.78 is 0. The molecule has 6 heteroatoms. The maximum absolute atomic E-state index is 11.7. The van der Waals surface area contributed by atoms with Gasteiger partial charge in [-0.3, -0.25) is 14.5 Å². The van der Waals surface area contributed by atoms with Crippen molar-refractivity contribution in [2.24, 2.45) is 0 Å². The van der Waals surface area contributed by atoms with Crippen LogP contribution in [0.2, 0.25) is 0 Å². The molecule has 1 heterocycles. The van der Waals surface area contributed by atoms with E-state index in [0.717, 1.165) is 13.1 Å². The Labute approximate surface area is 101 Å². The lowest BCUT2D eigenvalue weighted by atomic mass is 10.2. The van der Waals surface area contributed by atoms with Gasteiger partial charge in [0.2, 0.25) is 0 Å². The Hall–Kier alpha value is -1.61. The van der Waals surface area contributed by atoms with E-state index in [-0.39, 0.29) is 6.54 Å². The molecule has 1 aliphatic heterocycles. The zero-order valence-electron chi connectivity index (χ0n) is 10.3. The van der Waals surface area contributed by atoms with E-state index in [1.807, 2.05) is 0 Å². The fourth-order valence-electron chi connectivity index (χ4n) is 1.78. The molecule has 1 rings (SSSR count). The van der Waals surface area contributed by atoms with Gasteiger partial charge in [0.05, 0.1) is 6.07 Å². The van der Waals surface area contributed by atoms with Crippen molar-refractivity contribution in [3.63, 3.8) is 0 Å². The lowest BCUT2D eigenvalue weighted by Gasteiger charge is -2.36. The molecular weight excluding hydrogens is 220 g/mol. The average Bonchev–Trinajstić information content (AvgIpc) is 2.35. The van der Waals surface area contributed by atoms with Gasteiger partial charge < -0.3 is 10.2 Å². The average molecular weight is 238 g/mol. The van der Waals surface area contributed by atoms with E-state index in [0.29, 0.717) is 19.1 Å². The summed E-state index contributed by atoms with van der Waals surface area (Å²) in [6, 6.07) is 2.23. The van der Waals surface area contributed by atoms with Crippen LogP contribution in [0, 0.1) is 11.3 Å². The topological polar surface area (TPSA) is 76.4 Å². The van der Waals surface area contributed by atoms with Crippen LogP contribution in [-0.2, 0) is 9.59 Å². The summed E-state index contributed by atoms with van der Waals surface area (Å²) in [6.07, 6.45) is 0. The lowest BCUT2D eigenvalue weighted by Crippen LogP contribution is -2.53. The van der Waals surface area contributed by atoms with Crippen molar-refractivity contribution >= 4 is 11.8 Å². The van der Waals surface area contributed by atoms with Gasteiger partial charge in [-0.1, -0.05) is 0 Å². The number of nitrogens with one attached hydrogen (secondary N) is 1. The molecule has 0 aromatic rings. The first-order valence-electron chi connectivity index (χ1n) is 5.74. The number of nitriles is 1. The zero-order valence-corrected chi connectivity index (χ0v) is 10.3. The lowest BCUT2D eigenvalue weighted by molar-refractivity contribution is -0.147. The standard InChI is InChI=1S/C11H18N4O2/c1-9(2)14-5-7-15(8-6-14)11(17)10(16)13-4-3-12/h9H,4-8H2,1-2H3,(H,13,16). The molecule has 1 saturated heterocycles. The van der Waals surface area contributed by atoms with Crippen LogP contribution in [0.3, 0.4) is 0 Å². The zero-order chi connectivity index (χ0) is 12.8. The molecule has 94 valence electrons. The first kappa shape index (κ1) is 13.5. The van der Waals surface area contributed by atoms with Crippen molar-refractivity contribution in [3.05, 3.63) is 0 Å². The Kier molecular flexibility index (Phi) is 4.91. The van der Waals surface area contributed by atoms with Gasteiger partial charge >= 0.3 is 11.8 Å². The normalized spacial score (nSPS) is 16.7. The molecular formula is C11H18N4O2. The van der Waals surface area contributed by atoms with Crippen molar-refractivity contribution in [1.82, 2.24) is 15.1 Å². The maximum atomic E-state index is 11.7. The van der Waals surface area contributed by atoms with Crippen LogP contribution in [0.1, 0.15) is 13.8 Å². The molecule has 6 nitrogen and oxygen atoms in total. The minimum absolute atomic E-state index is 0.128. The first-order valence-corrected chi connectivity index (χ1v) is 5.74.